The van der Waals surface area contributed by atoms with Gasteiger partial charge in [-0.2, -0.15) is 0 Å². The lowest BCUT2D eigenvalue weighted by Crippen LogP contribution is -1.94. The lowest BCUT2D eigenvalue weighted by atomic mass is 10.2. The molecule has 19 heavy (non-hydrogen) atoms. The highest BCUT2D eigenvalue weighted by Gasteiger charge is 1.99. The van der Waals surface area contributed by atoms with E-state index in [-0.39, 0.29) is 0 Å². The van der Waals surface area contributed by atoms with E-state index in [0.29, 0.717) is 23.7 Å². The smallest absolute Gasteiger partial charge is 0.150 e. The van der Waals surface area contributed by atoms with Crippen LogP contribution in [0.25, 0.3) is 0 Å². The van der Waals surface area contributed by atoms with Gasteiger partial charge in [-0.15, -0.1) is 0 Å². The number of ether oxygens (including phenoxy) is 2. The van der Waals surface area contributed by atoms with E-state index < -0.39 is 0 Å². The summed E-state index contributed by atoms with van der Waals surface area (Å²) in [6.07, 6.45) is 1.78. The van der Waals surface area contributed by atoms with Crippen LogP contribution in [-0.2, 0) is 0 Å². The number of carbonyl (C=O) groups is 1. The Hall–Kier alpha value is -2.29. The number of benzene rings is 2. The Morgan fingerprint density at radius 2 is 1.74 bits per heavy atom. The van der Waals surface area contributed by atoms with Gasteiger partial charge in [0.05, 0.1) is 6.61 Å². The largest absolute Gasteiger partial charge is 0.494 e. The summed E-state index contributed by atoms with van der Waals surface area (Å²) >= 11 is 0. The van der Waals surface area contributed by atoms with Crippen LogP contribution in [0, 0.1) is 0 Å². The van der Waals surface area contributed by atoms with Crippen LogP contribution < -0.4 is 9.47 Å². The molecule has 3 nitrogen and oxygen atoms in total. The Kier molecular flexibility index (Phi) is 4.56. The minimum Gasteiger partial charge on any atom is -0.494 e. The van der Waals surface area contributed by atoms with Gasteiger partial charge in [-0.25, -0.2) is 0 Å². The molecule has 2 aromatic carbocycles. The van der Waals surface area contributed by atoms with Gasteiger partial charge < -0.3 is 9.47 Å². The first kappa shape index (κ1) is 13.1. The van der Waals surface area contributed by atoms with Crippen molar-refractivity contribution in [2.24, 2.45) is 0 Å². The lowest BCUT2D eigenvalue weighted by Gasteiger charge is -2.08. The summed E-state index contributed by atoms with van der Waals surface area (Å²) in [6, 6.07) is 14.5. The molecule has 0 amide bonds. The number of carbonyl (C=O) groups excluding carboxylic acids is 1. The molecule has 0 N–H and O–H groups in total. The van der Waals surface area contributed by atoms with Crippen LogP contribution in [0.5, 0.6) is 17.2 Å². The summed E-state index contributed by atoms with van der Waals surface area (Å²) in [5, 5.41) is 0. The van der Waals surface area contributed by atoms with Crippen LogP contribution in [0.1, 0.15) is 23.7 Å². The highest BCUT2D eigenvalue weighted by molar-refractivity contribution is 5.75. The molecule has 0 fully saturated rings. The maximum Gasteiger partial charge on any atom is 0.150 e. The fourth-order valence-corrected chi connectivity index (χ4v) is 1.61. The Morgan fingerprint density at radius 3 is 2.42 bits per heavy atom. The van der Waals surface area contributed by atoms with Crippen LogP contribution in [0.3, 0.4) is 0 Å². The zero-order valence-electron chi connectivity index (χ0n) is 10.8. The zero-order valence-corrected chi connectivity index (χ0v) is 10.8. The third-order valence-corrected chi connectivity index (χ3v) is 2.53. The number of aldehydes is 1. The van der Waals surface area contributed by atoms with E-state index in [1.165, 1.54) is 0 Å². The maximum atomic E-state index is 10.7. The SMILES string of the molecule is CCCOc1ccc(Oc2cccc(C=O)c2)cc1. The van der Waals surface area contributed by atoms with E-state index in [1.54, 1.807) is 18.2 Å². The van der Waals surface area contributed by atoms with E-state index in [9.17, 15) is 4.79 Å². The summed E-state index contributed by atoms with van der Waals surface area (Å²) < 4.78 is 11.2. The first-order valence-corrected chi connectivity index (χ1v) is 6.28. The van der Waals surface area contributed by atoms with Gasteiger partial charge in [0.2, 0.25) is 0 Å². The molecule has 0 saturated heterocycles. The number of rotatable bonds is 6. The molecular formula is C16H16O3. The summed E-state index contributed by atoms with van der Waals surface area (Å²) in [6.45, 7) is 2.78. The normalized spacial score (nSPS) is 9.95. The molecule has 0 aliphatic rings. The van der Waals surface area contributed by atoms with E-state index in [2.05, 4.69) is 6.92 Å². The minimum absolute atomic E-state index is 0.598. The van der Waals surface area contributed by atoms with Gasteiger partial charge in [-0.05, 0) is 42.8 Å². The van der Waals surface area contributed by atoms with Crippen molar-refractivity contribution in [2.45, 2.75) is 13.3 Å². The molecule has 2 rings (SSSR count). The molecule has 0 atom stereocenters. The quantitative estimate of drug-likeness (QED) is 0.730. The predicted molar refractivity (Wildman–Crippen MR) is 74.1 cm³/mol. The molecule has 2 aromatic rings. The van der Waals surface area contributed by atoms with Gasteiger partial charge in [0.1, 0.15) is 23.5 Å². The van der Waals surface area contributed by atoms with Crippen molar-refractivity contribution in [3.63, 3.8) is 0 Å². The van der Waals surface area contributed by atoms with Gasteiger partial charge in [0.15, 0.2) is 0 Å². The monoisotopic (exact) mass is 256 g/mol. The molecule has 0 aliphatic carbocycles. The minimum atomic E-state index is 0.598. The first-order chi connectivity index (χ1) is 9.31. The van der Waals surface area contributed by atoms with E-state index in [4.69, 9.17) is 9.47 Å². The molecule has 0 heterocycles. The van der Waals surface area contributed by atoms with Crippen LogP contribution >= 0.6 is 0 Å². The molecule has 0 saturated carbocycles. The third-order valence-electron chi connectivity index (χ3n) is 2.53. The lowest BCUT2D eigenvalue weighted by molar-refractivity contribution is 0.112. The molecule has 0 spiro atoms. The van der Waals surface area contributed by atoms with Gasteiger partial charge in [-0.3, -0.25) is 4.79 Å². The van der Waals surface area contributed by atoms with E-state index in [1.807, 2.05) is 30.3 Å². The fourth-order valence-electron chi connectivity index (χ4n) is 1.61. The topological polar surface area (TPSA) is 35.5 Å². The Labute approximate surface area is 112 Å². The summed E-state index contributed by atoms with van der Waals surface area (Å²) in [4.78, 5) is 10.7. The predicted octanol–water partition coefficient (Wildman–Crippen LogP) is 4.08. The van der Waals surface area contributed by atoms with Crippen LogP contribution in [0.4, 0.5) is 0 Å². The first-order valence-electron chi connectivity index (χ1n) is 6.28. The summed E-state index contributed by atoms with van der Waals surface area (Å²) in [5.74, 6) is 2.19. The van der Waals surface area contributed by atoms with Crippen molar-refractivity contribution in [3.05, 3.63) is 54.1 Å². The molecule has 0 radical (unpaired) electrons. The van der Waals surface area contributed by atoms with E-state index in [0.717, 1.165) is 18.5 Å². The van der Waals surface area contributed by atoms with Crippen molar-refractivity contribution in [1.82, 2.24) is 0 Å². The summed E-state index contributed by atoms with van der Waals surface area (Å²) in [5.41, 5.74) is 0.598. The van der Waals surface area contributed by atoms with E-state index >= 15 is 0 Å². The van der Waals surface area contributed by atoms with Crippen molar-refractivity contribution >= 4 is 6.29 Å². The molecule has 0 aliphatic heterocycles. The Morgan fingerprint density at radius 1 is 1.00 bits per heavy atom. The number of hydrogen-bond acceptors (Lipinski definition) is 3. The second kappa shape index (κ2) is 6.59. The summed E-state index contributed by atoms with van der Waals surface area (Å²) in [7, 11) is 0. The Bertz CT molecular complexity index is 532. The molecule has 0 aromatic heterocycles. The Balaban J connectivity index is 2.04. The fraction of sp³-hybridized carbons (Fsp3) is 0.188. The van der Waals surface area contributed by atoms with Crippen molar-refractivity contribution < 1.29 is 14.3 Å². The van der Waals surface area contributed by atoms with Gasteiger partial charge in [0.25, 0.3) is 0 Å². The highest BCUT2D eigenvalue weighted by Crippen LogP contribution is 2.24. The molecule has 3 heteroatoms. The zero-order chi connectivity index (χ0) is 13.5. The molecule has 0 unspecified atom stereocenters. The molecule has 98 valence electrons. The molecule has 0 bridgehead atoms. The van der Waals surface area contributed by atoms with Crippen LogP contribution in [0.2, 0.25) is 0 Å². The standard InChI is InChI=1S/C16H16O3/c1-2-10-18-14-6-8-15(9-7-14)19-16-5-3-4-13(11-16)12-17/h3-9,11-12H,2,10H2,1H3. The number of hydrogen-bond donors (Lipinski definition) is 0. The van der Waals surface area contributed by atoms with Gasteiger partial charge in [0, 0.05) is 5.56 Å². The molecular weight excluding hydrogens is 240 g/mol. The van der Waals surface area contributed by atoms with Gasteiger partial charge >= 0.3 is 0 Å². The average Bonchev–Trinajstić information content (AvgIpc) is 2.47. The highest BCUT2D eigenvalue weighted by atomic mass is 16.5. The van der Waals surface area contributed by atoms with Crippen molar-refractivity contribution in [3.8, 4) is 17.2 Å². The second-order valence-corrected chi connectivity index (χ2v) is 4.11. The van der Waals surface area contributed by atoms with Crippen LogP contribution in [0.15, 0.2) is 48.5 Å². The maximum absolute atomic E-state index is 10.7. The third kappa shape index (κ3) is 3.85. The van der Waals surface area contributed by atoms with Crippen molar-refractivity contribution in [1.29, 1.82) is 0 Å². The van der Waals surface area contributed by atoms with Gasteiger partial charge in [-0.1, -0.05) is 19.1 Å². The average molecular weight is 256 g/mol. The van der Waals surface area contributed by atoms with Crippen molar-refractivity contribution in [2.75, 3.05) is 6.61 Å². The second-order valence-electron chi connectivity index (χ2n) is 4.11. The van der Waals surface area contributed by atoms with Crippen LogP contribution in [-0.4, -0.2) is 12.9 Å².